The van der Waals surface area contributed by atoms with E-state index in [0.29, 0.717) is 5.75 Å². The van der Waals surface area contributed by atoms with Crippen LogP contribution >= 0.6 is 0 Å². The number of hydrogen-bond acceptors (Lipinski definition) is 3. The lowest BCUT2D eigenvalue weighted by Crippen LogP contribution is -2.31. The molecule has 0 heterocycles. The Hall–Kier alpha value is -1.38. The zero-order valence-electron chi connectivity index (χ0n) is 39.7. The molecule has 0 spiro atoms. The number of rotatable bonds is 46. The van der Waals surface area contributed by atoms with Crippen LogP contribution in [0.3, 0.4) is 0 Å². The van der Waals surface area contributed by atoms with Gasteiger partial charge in [0.2, 0.25) is 0 Å². The standard InChI is InChI=1S/C54H104N2O/c1-5-9-13-17-21-25-29-33-37-41-48-55(49-42-38-34-30-26-22-18-14-10-6-2)52-46-45-47-53(57)54(52)56(50-43-39-35-31-27-23-19-15-11-7-3)51-44-40-36-32-28-24-20-16-12-8-4/h45-47,57H,5-44,48-51H2,1-4H3. The third-order valence-electron chi connectivity index (χ3n) is 12.8. The van der Waals surface area contributed by atoms with Crippen molar-refractivity contribution in [2.24, 2.45) is 0 Å². The van der Waals surface area contributed by atoms with Crippen LogP contribution in [0.25, 0.3) is 0 Å². The highest BCUT2D eigenvalue weighted by atomic mass is 16.3. The molecular weight excluding hydrogens is 693 g/mol. The van der Waals surface area contributed by atoms with Crippen LogP contribution in [0.5, 0.6) is 5.75 Å². The number of para-hydroxylation sites is 1. The SMILES string of the molecule is CCCCCCCCCCCCN(CCCCCCCCCCCC)c1cccc(O)c1N(CCCCCCCCCCCC)CCCCCCCCCCCC. The molecule has 1 aromatic carbocycles. The third-order valence-corrected chi connectivity index (χ3v) is 12.8. The van der Waals surface area contributed by atoms with Crippen LogP contribution in [0.15, 0.2) is 18.2 Å². The van der Waals surface area contributed by atoms with Gasteiger partial charge in [-0.05, 0) is 37.8 Å². The quantitative estimate of drug-likeness (QED) is 0.0666. The number of unbranched alkanes of at least 4 members (excludes halogenated alkanes) is 36. The second-order valence-corrected chi connectivity index (χ2v) is 18.3. The summed E-state index contributed by atoms with van der Waals surface area (Å²) in [5, 5.41) is 11.7. The Bertz CT molecular complexity index is 884. The molecule has 57 heavy (non-hydrogen) atoms. The average molecular weight is 797 g/mol. The molecule has 3 nitrogen and oxygen atoms in total. The molecule has 0 amide bonds. The molecule has 0 aliphatic rings. The van der Waals surface area contributed by atoms with E-state index < -0.39 is 0 Å². The Labute approximate surface area is 359 Å². The number of hydrogen-bond donors (Lipinski definition) is 1. The Balaban J connectivity index is 2.91. The van der Waals surface area contributed by atoms with Crippen molar-refractivity contribution in [2.75, 3.05) is 36.0 Å². The summed E-state index contributed by atoms with van der Waals surface area (Å²) < 4.78 is 0. The van der Waals surface area contributed by atoms with Crippen LogP contribution in [0.2, 0.25) is 0 Å². The minimum absolute atomic E-state index is 0.503. The van der Waals surface area contributed by atoms with Crippen molar-refractivity contribution in [3.63, 3.8) is 0 Å². The first-order valence-electron chi connectivity index (χ1n) is 26.5. The summed E-state index contributed by atoms with van der Waals surface area (Å²) in [6, 6.07) is 6.45. The van der Waals surface area contributed by atoms with E-state index in [-0.39, 0.29) is 0 Å². The Morgan fingerprint density at radius 1 is 0.298 bits per heavy atom. The van der Waals surface area contributed by atoms with Crippen LogP contribution < -0.4 is 9.80 Å². The van der Waals surface area contributed by atoms with E-state index in [4.69, 9.17) is 0 Å². The van der Waals surface area contributed by atoms with E-state index >= 15 is 0 Å². The predicted molar refractivity (Wildman–Crippen MR) is 260 cm³/mol. The molecule has 3 heteroatoms. The van der Waals surface area contributed by atoms with Gasteiger partial charge in [0.1, 0.15) is 11.4 Å². The number of nitrogens with zero attached hydrogens (tertiary/aromatic N) is 2. The van der Waals surface area contributed by atoms with Crippen LogP contribution in [-0.2, 0) is 0 Å². The average Bonchev–Trinajstić information content (AvgIpc) is 3.22. The van der Waals surface area contributed by atoms with Gasteiger partial charge in [-0.1, -0.05) is 265 Å². The Morgan fingerprint density at radius 3 is 0.789 bits per heavy atom. The Kier molecular flexibility index (Phi) is 40.2. The third kappa shape index (κ3) is 32.1. The van der Waals surface area contributed by atoms with E-state index in [9.17, 15) is 5.11 Å². The van der Waals surface area contributed by atoms with Crippen molar-refractivity contribution in [3.05, 3.63) is 18.2 Å². The largest absolute Gasteiger partial charge is 0.506 e. The molecule has 0 bridgehead atoms. The van der Waals surface area contributed by atoms with Crippen molar-refractivity contribution in [1.29, 1.82) is 0 Å². The summed E-state index contributed by atoms with van der Waals surface area (Å²) >= 11 is 0. The summed E-state index contributed by atoms with van der Waals surface area (Å²) in [5.41, 5.74) is 2.45. The number of phenols is 1. The van der Waals surface area contributed by atoms with Gasteiger partial charge in [-0.25, -0.2) is 0 Å². The summed E-state index contributed by atoms with van der Waals surface area (Å²) in [7, 11) is 0. The minimum Gasteiger partial charge on any atom is -0.506 e. The van der Waals surface area contributed by atoms with Crippen molar-refractivity contribution in [3.8, 4) is 5.75 Å². The first kappa shape index (κ1) is 53.6. The van der Waals surface area contributed by atoms with Crippen LogP contribution in [-0.4, -0.2) is 31.3 Å². The van der Waals surface area contributed by atoms with Gasteiger partial charge >= 0.3 is 0 Å². The lowest BCUT2D eigenvalue weighted by molar-refractivity contribution is 0.471. The maximum atomic E-state index is 11.7. The smallest absolute Gasteiger partial charge is 0.141 e. The van der Waals surface area contributed by atoms with Gasteiger partial charge in [0, 0.05) is 26.2 Å². The maximum absolute atomic E-state index is 11.7. The fourth-order valence-electron chi connectivity index (χ4n) is 8.95. The molecule has 1 rings (SSSR count). The Morgan fingerprint density at radius 2 is 0.526 bits per heavy atom. The van der Waals surface area contributed by atoms with Crippen LogP contribution in [0, 0.1) is 0 Å². The molecule has 1 aromatic rings. The van der Waals surface area contributed by atoms with E-state index in [0.717, 1.165) is 31.9 Å². The molecule has 336 valence electrons. The number of anilines is 2. The van der Waals surface area contributed by atoms with E-state index in [1.807, 2.05) is 6.07 Å². The molecule has 0 fully saturated rings. The van der Waals surface area contributed by atoms with Crippen molar-refractivity contribution >= 4 is 11.4 Å². The van der Waals surface area contributed by atoms with Gasteiger partial charge in [-0.3, -0.25) is 0 Å². The van der Waals surface area contributed by atoms with E-state index in [1.165, 1.54) is 263 Å². The predicted octanol–water partition coefficient (Wildman–Crippen LogP) is 18.7. The molecule has 0 aliphatic carbocycles. The second-order valence-electron chi connectivity index (χ2n) is 18.3. The second kappa shape index (κ2) is 42.7. The molecule has 0 aliphatic heterocycles. The van der Waals surface area contributed by atoms with Crippen molar-refractivity contribution in [1.82, 2.24) is 0 Å². The van der Waals surface area contributed by atoms with Crippen LogP contribution in [0.4, 0.5) is 11.4 Å². The van der Waals surface area contributed by atoms with Gasteiger partial charge < -0.3 is 14.9 Å². The van der Waals surface area contributed by atoms with Gasteiger partial charge in [0.15, 0.2) is 0 Å². The summed E-state index contributed by atoms with van der Waals surface area (Å²) in [4.78, 5) is 5.33. The van der Waals surface area contributed by atoms with Crippen molar-refractivity contribution in [2.45, 2.75) is 285 Å². The molecule has 0 unspecified atom stereocenters. The number of aromatic hydroxyl groups is 1. The van der Waals surface area contributed by atoms with Crippen molar-refractivity contribution < 1.29 is 5.11 Å². The molecule has 0 aromatic heterocycles. The normalized spacial score (nSPS) is 11.5. The zero-order chi connectivity index (χ0) is 41.1. The first-order valence-corrected chi connectivity index (χ1v) is 26.5. The van der Waals surface area contributed by atoms with Gasteiger partial charge in [0.25, 0.3) is 0 Å². The molecule has 0 atom stereocenters. The highest BCUT2D eigenvalue weighted by Gasteiger charge is 2.20. The summed E-state index contributed by atoms with van der Waals surface area (Å²) in [6.07, 6.45) is 55.0. The van der Waals surface area contributed by atoms with Crippen LogP contribution in [0.1, 0.15) is 285 Å². The number of benzene rings is 1. The molecule has 0 radical (unpaired) electrons. The van der Waals surface area contributed by atoms with E-state index in [2.05, 4.69) is 49.6 Å². The van der Waals surface area contributed by atoms with E-state index in [1.54, 1.807) is 0 Å². The lowest BCUT2D eigenvalue weighted by Gasteiger charge is -2.33. The fraction of sp³-hybridized carbons (Fsp3) is 0.889. The highest BCUT2D eigenvalue weighted by molar-refractivity contribution is 5.77. The van der Waals surface area contributed by atoms with Gasteiger partial charge in [0.05, 0.1) is 5.69 Å². The first-order chi connectivity index (χ1) is 28.2. The zero-order valence-corrected chi connectivity index (χ0v) is 39.7. The molecular formula is C54H104N2O. The number of phenolic OH excluding ortho intramolecular Hbond substituents is 1. The summed E-state index contributed by atoms with van der Waals surface area (Å²) in [6.45, 7) is 13.6. The fourth-order valence-corrected chi connectivity index (χ4v) is 8.95. The topological polar surface area (TPSA) is 26.7 Å². The highest BCUT2D eigenvalue weighted by Crippen LogP contribution is 2.39. The molecule has 0 saturated heterocycles. The summed E-state index contributed by atoms with van der Waals surface area (Å²) in [5.74, 6) is 0.503. The minimum atomic E-state index is 0.503. The molecule has 1 N–H and O–H groups in total. The van der Waals surface area contributed by atoms with Gasteiger partial charge in [-0.15, -0.1) is 0 Å². The lowest BCUT2D eigenvalue weighted by atomic mass is 10.0. The molecule has 0 saturated carbocycles. The maximum Gasteiger partial charge on any atom is 0.141 e. The monoisotopic (exact) mass is 797 g/mol. The van der Waals surface area contributed by atoms with Gasteiger partial charge in [-0.2, -0.15) is 0 Å².